The van der Waals surface area contributed by atoms with Crippen LogP contribution in [-0.4, -0.2) is 59.4 Å². The minimum absolute atomic E-state index is 0.00936. The van der Waals surface area contributed by atoms with E-state index in [0.29, 0.717) is 47.1 Å². The number of hydrogen-bond donors (Lipinski definition) is 2. The van der Waals surface area contributed by atoms with Gasteiger partial charge in [-0.25, -0.2) is 0 Å². The predicted octanol–water partition coefficient (Wildman–Crippen LogP) is 6.37. The number of carbonyl (C=O) groups excluding carboxylic acids is 2. The lowest BCUT2D eigenvalue weighted by atomic mass is 9.65. The zero-order valence-electron chi connectivity index (χ0n) is 24.3. The van der Waals surface area contributed by atoms with Crippen molar-refractivity contribution in [3.05, 3.63) is 98.5 Å². The van der Waals surface area contributed by atoms with Crippen LogP contribution in [0.3, 0.4) is 0 Å². The Morgan fingerprint density at radius 3 is 2.36 bits per heavy atom. The number of carbonyl (C=O) groups is 2. The van der Waals surface area contributed by atoms with Gasteiger partial charge < -0.3 is 20.2 Å². The second kappa shape index (κ2) is 13.1. The fourth-order valence-corrected chi connectivity index (χ4v) is 7.23. The summed E-state index contributed by atoms with van der Waals surface area (Å²) >= 11 is 12.7. The highest BCUT2D eigenvalue weighted by Crippen LogP contribution is 2.49. The van der Waals surface area contributed by atoms with E-state index in [1.807, 2.05) is 67.3 Å². The molecule has 2 aliphatic rings. The lowest BCUT2D eigenvalue weighted by Crippen LogP contribution is -2.59. The molecule has 5 rings (SSSR count). The summed E-state index contributed by atoms with van der Waals surface area (Å²) < 4.78 is 0. The van der Waals surface area contributed by atoms with Crippen LogP contribution in [-0.2, 0) is 21.4 Å². The molecule has 2 aliphatic heterocycles. The number of amides is 2. The van der Waals surface area contributed by atoms with Crippen LogP contribution in [0.1, 0.15) is 59.5 Å². The standard InChI is InChI=1S/C34H39Cl2N3O3/c1-23-20-26(21-24(2)31(23)41)32-34(27-8-4-3-5-9-27,33(42)37-15-19-38-16-6-7-17-38)14-12-30(40)39(32)18-13-25-10-11-28(35)22-29(25)36/h3-5,8-11,20-22,32,41H,6-7,12-19H2,1-2H3,(H,37,42). The normalized spacial score (nSPS) is 21.1. The van der Waals surface area contributed by atoms with E-state index in [1.54, 1.807) is 12.1 Å². The fourth-order valence-electron chi connectivity index (χ4n) is 6.72. The van der Waals surface area contributed by atoms with E-state index < -0.39 is 11.5 Å². The molecule has 0 bridgehead atoms. The second-order valence-corrected chi connectivity index (χ2v) is 12.5. The molecule has 2 saturated heterocycles. The van der Waals surface area contributed by atoms with Gasteiger partial charge >= 0.3 is 0 Å². The Hall–Kier alpha value is -3.06. The van der Waals surface area contributed by atoms with E-state index in [-0.39, 0.29) is 24.0 Å². The Balaban J connectivity index is 1.59. The monoisotopic (exact) mass is 607 g/mol. The maximum absolute atomic E-state index is 14.6. The zero-order valence-corrected chi connectivity index (χ0v) is 25.8. The number of phenols is 1. The van der Waals surface area contributed by atoms with E-state index in [4.69, 9.17) is 23.2 Å². The van der Waals surface area contributed by atoms with Gasteiger partial charge in [-0.15, -0.1) is 0 Å². The molecule has 0 saturated carbocycles. The van der Waals surface area contributed by atoms with E-state index in [0.717, 1.165) is 36.3 Å². The number of phenolic OH excluding ortho intramolecular Hbond substituents is 1. The Kier molecular flexibility index (Phi) is 9.46. The minimum Gasteiger partial charge on any atom is -0.507 e. The molecule has 0 radical (unpaired) electrons. The van der Waals surface area contributed by atoms with Crippen LogP contribution in [0, 0.1) is 13.8 Å². The number of aryl methyl sites for hydroxylation is 2. The molecule has 0 spiro atoms. The van der Waals surface area contributed by atoms with Crippen LogP contribution >= 0.6 is 23.2 Å². The molecule has 2 fully saturated rings. The van der Waals surface area contributed by atoms with Gasteiger partial charge in [-0.1, -0.05) is 71.7 Å². The number of hydrogen-bond acceptors (Lipinski definition) is 4. The summed E-state index contributed by atoms with van der Waals surface area (Å²) in [6.07, 6.45) is 3.52. The maximum Gasteiger partial charge on any atom is 0.233 e. The van der Waals surface area contributed by atoms with Crippen molar-refractivity contribution in [3.8, 4) is 5.75 Å². The average molecular weight is 609 g/mol. The molecular weight excluding hydrogens is 569 g/mol. The molecule has 2 N–H and O–H groups in total. The zero-order chi connectivity index (χ0) is 29.9. The predicted molar refractivity (Wildman–Crippen MR) is 168 cm³/mol. The van der Waals surface area contributed by atoms with Crippen LogP contribution in [0.25, 0.3) is 0 Å². The van der Waals surface area contributed by atoms with Crippen LogP contribution < -0.4 is 5.32 Å². The van der Waals surface area contributed by atoms with E-state index in [1.165, 1.54) is 12.8 Å². The van der Waals surface area contributed by atoms with Crippen LogP contribution in [0.2, 0.25) is 10.0 Å². The average Bonchev–Trinajstić information content (AvgIpc) is 3.50. The van der Waals surface area contributed by atoms with E-state index in [9.17, 15) is 14.7 Å². The van der Waals surface area contributed by atoms with Crippen LogP contribution in [0.5, 0.6) is 5.75 Å². The molecule has 2 unspecified atom stereocenters. The van der Waals surface area contributed by atoms with Gasteiger partial charge in [-0.05, 0) is 92.6 Å². The van der Waals surface area contributed by atoms with Crippen molar-refractivity contribution in [1.82, 2.24) is 15.1 Å². The van der Waals surface area contributed by atoms with Gasteiger partial charge in [0.2, 0.25) is 11.8 Å². The molecule has 8 heteroatoms. The van der Waals surface area contributed by atoms with Crippen molar-refractivity contribution in [3.63, 3.8) is 0 Å². The molecule has 0 aromatic heterocycles. The highest BCUT2D eigenvalue weighted by Gasteiger charge is 2.54. The summed E-state index contributed by atoms with van der Waals surface area (Å²) in [4.78, 5) is 32.6. The molecule has 6 nitrogen and oxygen atoms in total. The van der Waals surface area contributed by atoms with Gasteiger partial charge in [0.05, 0.1) is 11.5 Å². The van der Waals surface area contributed by atoms with Gasteiger partial charge in [-0.3, -0.25) is 9.59 Å². The van der Waals surface area contributed by atoms with E-state index >= 15 is 0 Å². The Bertz CT molecular complexity index is 1420. The summed E-state index contributed by atoms with van der Waals surface area (Å²) in [6, 6.07) is 18.5. The number of nitrogens with zero attached hydrogens (tertiary/aromatic N) is 2. The topological polar surface area (TPSA) is 72.9 Å². The van der Waals surface area contributed by atoms with Gasteiger partial charge in [0.1, 0.15) is 5.75 Å². The highest BCUT2D eigenvalue weighted by molar-refractivity contribution is 6.35. The highest BCUT2D eigenvalue weighted by atomic mass is 35.5. The molecule has 222 valence electrons. The number of piperidine rings is 1. The minimum atomic E-state index is -1.03. The number of rotatable bonds is 9. The van der Waals surface area contributed by atoms with Gasteiger partial charge in [0.15, 0.2) is 0 Å². The largest absolute Gasteiger partial charge is 0.507 e. The SMILES string of the molecule is Cc1cc(C2N(CCc3ccc(Cl)cc3Cl)C(=O)CCC2(C(=O)NCCN2CCCC2)c2ccccc2)cc(C)c1O. The fraction of sp³-hybridized carbons (Fsp3) is 0.412. The van der Waals surface area contributed by atoms with Crippen LogP contribution in [0.4, 0.5) is 0 Å². The van der Waals surface area contributed by atoms with E-state index in [2.05, 4.69) is 10.2 Å². The first kappa shape index (κ1) is 30.4. The second-order valence-electron chi connectivity index (χ2n) is 11.6. The molecule has 2 heterocycles. The van der Waals surface area contributed by atoms with Crippen molar-refractivity contribution < 1.29 is 14.7 Å². The van der Waals surface area contributed by atoms with Gasteiger partial charge in [0.25, 0.3) is 0 Å². The van der Waals surface area contributed by atoms with Crippen molar-refractivity contribution in [1.29, 1.82) is 0 Å². The molecule has 42 heavy (non-hydrogen) atoms. The molecule has 2 amide bonds. The van der Waals surface area contributed by atoms with Gasteiger partial charge in [-0.2, -0.15) is 0 Å². The van der Waals surface area contributed by atoms with Crippen molar-refractivity contribution in [2.75, 3.05) is 32.7 Å². The van der Waals surface area contributed by atoms with Crippen LogP contribution in [0.15, 0.2) is 60.7 Å². The first-order valence-corrected chi connectivity index (χ1v) is 15.6. The summed E-state index contributed by atoms with van der Waals surface area (Å²) in [7, 11) is 0. The van der Waals surface area contributed by atoms with Crippen molar-refractivity contribution in [2.45, 2.75) is 57.4 Å². The third-order valence-electron chi connectivity index (χ3n) is 8.90. The number of nitrogens with one attached hydrogen (secondary N) is 1. The molecule has 2 atom stereocenters. The lowest BCUT2D eigenvalue weighted by Gasteiger charge is -2.49. The van der Waals surface area contributed by atoms with Crippen molar-refractivity contribution >= 4 is 35.0 Å². The number of benzene rings is 3. The summed E-state index contributed by atoms with van der Waals surface area (Å²) in [5, 5.41) is 15.0. The summed E-state index contributed by atoms with van der Waals surface area (Å²) in [5.41, 5.74) is 2.98. The van der Waals surface area contributed by atoms with Gasteiger partial charge in [0, 0.05) is 36.1 Å². The molecule has 0 aliphatic carbocycles. The quantitative estimate of drug-likeness (QED) is 0.296. The third-order valence-corrected chi connectivity index (χ3v) is 9.49. The maximum atomic E-state index is 14.6. The first-order chi connectivity index (χ1) is 20.2. The smallest absolute Gasteiger partial charge is 0.233 e. The third kappa shape index (κ3) is 6.17. The Morgan fingerprint density at radius 2 is 1.69 bits per heavy atom. The summed E-state index contributed by atoms with van der Waals surface area (Å²) in [6.45, 7) is 7.55. The molecule has 3 aromatic carbocycles. The van der Waals surface area contributed by atoms with Crippen molar-refractivity contribution in [2.24, 2.45) is 0 Å². The Morgan fingerprint density at radius 1 is 1.00 bits per heavy atom. The number of likely N-dealkylation sites (tertiary alicyclic amines) is 2. The number of halogens is 2. The first-order valence-electron chi connectivity index (χ1n) is 14.8. The molecular formula is C34H39Cl2N3O3. The molecule has 3 aromatic rings. The summed E-state index contributed by atoms with van der Waals surface area (Å²) in [5.74, 6) is 0.133. The lowest BCUT2D eigenvalue weighted by molar-refractivity contribution is -0.146. The number of aromatic hydroxyl groups is 1. The Labute approximate surface area is 258 Å².